The number of aromatic nitrogens is 2. The molecule has 2 aromatic rings. The Hall–Kier alpha value is -1.55. The van der Waals surface area contributed by atoms with Crippen molar-refractivity contribution in [3.63, 3.8) is 0 Å². The van der Waals surface area contributed by atoms with Gasteiger partial charge < -0.3 is 9.47 Å². The van der Waals surface area contributed by atoms with Crippen LogP contribution in [0.3, 0.4) is 0 Å². The molecule has 3 heterocycles. The Morgan fingerprint density at radius 3 is 2.50 bits per heavy atom. The Labute approximate surface area is 106 Å². The predicted molar refractivity (Wildman–Crippen MR) is 73.1 cm³/mol. The van der Waals surface area contributed by atoms with Crippen LogP contribution in [0.4, 0.5) is 0 Å². The van der Waals surface area contributed by atoms with E-state index in [0.717, 1.165) is 31.6 Å². The van der Waals surface area contributed by atoms with Gasteiger partial charge in [0.25, 0.3) is 5.56 Å². The van der Waals surface area contributed by atoms with Gasteiger partial charge in [-0.05, 0) is 25.1 Å². The van der Waals surface area contributed by atoms with E-state index in [1.54, 1.807) is 10.6 Å². The molecule has 4 heteroatoms. The van der Waals surface area contributed by atoms with Gasteiger partial charge in [0.1, 0.15) is 5.65 Å². The normalized spacial score (nSPS) is 16.8. The summed E-state index contributed by atoms with van der Waals surface area (Å²) in [5.41, 5.74) is 3.93. The molecule has 0 unspecified atom stereocenters. The second-order valence-electron chi connectivity index (χ2n) is 5.26. The van der Waals surface area contributed by atoms with E-state index in [1.807, 2.05) is 13.1 Å². The van der Waals surface area contributed by atoms with Crippen LogP contribution in [0, 0.1) is 0 Å². The lowest BCUT2D eigenvalue weighted by Gasteiger charge is -2.12. The average molecular weight is 245 g/mol. The third-order valence-electron chi connectivity index (χ3n) is 4.15. The highest BCUT2D eigenvalue weighted by molar-refractivity contribution is 5.82. The van der Waals surface area contributed by atoms with Gasteiger partial charge in [-0.25, -0.2) is 0 Å². The first-order chi connectivity index (χ1) is 8.59. The molecular formula is C14H19N3O. The van der Waals surface area contributed by atoms with Crippen LogP contribution < -0.4 is 5.56 Å². The Kier molecular flexibility index (Phi) is 2.55. The average Bonchev–Trinajstić information content (AvgIpc) is 2.48. The van der Waals surface area contributed by atoms with Crippen LogP contribution in [-0.4, -0.2) is 34.2 Å². The van der Waals surface area contributed by atoms with Gasteiger partial charge in [-0.1, -0.05) is 0 Å². The maximum absolute atomic E-state index is 11.8. The van der Waals surface area contributed by atoms with Crippen LogP contribution in [0.25, 0.3) is 11.0 Å². The van der Waals surface area contributed by atoms with Crippen molar-refractivity contribution in [1.29, 1.82) is 0 Å². The second kappa shape index (κ2) is 3.99. The fourth-order valence-corrected chi connectivity index (χ4v) is 3.06. The first kappa shape index (κ1) is 11.5. The topological polar surface area (TPSA) is 30.2 Å². The van der Waals surface area contributed by atoms with Gasteiger partial charge >= 0.3 is 0 Å². The molecular weight excluding hydrogens is 226 g/mol. The summed E-state index contributed by atoms with van der Waals surface area (Å²) in [5.74, 6) is 0. The van der Waals surface area contributed by atoms with E-state index in [0.29, 0.717) is 0 Å². The highest BCUT2D eigenvalue weighted by atomic mass is 16.1. The summed E-state index contributed by atoms with van der Waals surface area (Å²) in [7, 11) is 6.10. The molecule has 0 atom stereocenters. The Bertz CT molecular complexity index is 666. The molecule has 0 spiro atoms. The summed E-state index contributed by atoms with van der Waals surface area (Å²) in [6.07, 6.45) is 2.13. The molecule has 0 bridgehead atoms. The lowest BCUT2D eigenvalue weighted by Crippen LogP contribution is -2.22. The van der Waals surface area contributed by atoms with Gasteiger partial charge in [0, 0.05) is 50.8 Å². The maximum atomic E-state index is 11.8. The molecule has 0 fully saturated rings. The molecule has 96 valence electrons. The van der Waals surface area contributed by atoms with Crippen LogP contribution >= 0.6 is 0 Å². The van der Waals surface area contributed by atoms with Crippen LogP contribution in [-0.2, 0) is 26.9 Å². The van der Waals surface area contributed by atoms with Crippen molar-refractivity contribution in [1.82, 2.24) is 14.0 Å². The summed E-state index contributed by atoms with van der Waals surface area (Å²) in [5, 5.41) is 1.24. The van der Waals surface area contributed by atoms with Crippen molar-refractivity contribution in [2.75, 3.05) is 20.1 Å². The monoisotopic (exact) mass is 245 g/mol. The quantitative estimate of drug-likeness (QED) is 0.690. The van der Waals surface area contributed by atoms with E-state index in [9.17, 15) is 4.79 Å². The molecule has 0 saturated carbocycles. The lowest BCUT2D eigenvalue weighted by molar-refractivity contribution is 0.351. The van der Waals surface area contributed by atoms with E-state index in [1.165, 1.54) is 16.6 Å². The Morgan fingerprint density at radius 2 is 1.72 bits per heavy atom. The molecule has 0 aliphatic carbocycles. The first-order valence-corrected chi connectivity index (χ1v) is 6.44. The maximum Gasteiger partial charge on any atom is 0.251 e. The molecule has 0 aromatic carbocycles. The Morgan fingerprint density at radius 1 is 1.00 bits per heavy atom. The second-order valence-corrected chi connectivity index (χ2v) is 5.26. The predicted octanol–water partition coefficient (Wildman–Crippen LogP) is 0.907. The zero-order valence-electron chi connectivity index (χ0n) is 11.2. The third kappa shape index (κ3) is 1.52. The number of hydrogen-bond donors (Lipinski definition) is 0. The number of rotatable bonds is 0. The summed E-state index contributed by atoms with van der Waals surface area (Å²) in [6, 6.07) is 3.67. The standard InChI is InChI=1S/C14H19N3O/c1-15-8-6-10-11-4-5-13(18)17(3)14(11)16(2)12(10)7-9-15/h4-5H,6-9H2,1-3H3. The van der Waals surface area contributed by atoms with Crippen molar-refractivity contribution >= 4 is 11.0 Å². The van der Waals surface area contributed by atoms with Gasteiger partial charge in [-0.15, -0.1) is 0 Å². The number of hydrogen-bond acceptors (Lipinski definition) is 2. The van der Waals surface area contributed by atoms with Gasteiger partial charge in [0.05, 0.1) is 0 Å². The molecule has 1 aliphatic rings. The molecule has 2 aromatic heterocycles. The van der Waals surface area contributed by atoms with E-state index in [4.69, 9.17) is 0 Å². The smallest absolute Gasteiger partial charge is 0.251 e. The number of fused-ring (bicyclic) bond motifs is 3. The molecule has 0 radical (unpaired) electrons. The Balaban J connectivity index is 2.32. The lowest BCUT2D eigenvalue weighted by atomic mass is 10.1. The zero-order valence-corrected chi connectivity index (χ0v) is 11.2. The summed E-state index contributed by atoms with van der Waals surface area (Å²) in [6.45, 7) is 2.18. The molecule has 0 saturated heterocycles. The van der Waals surface area contributed by atoms with E-state index < -0.39 is 0 Å². The fourth-order valence-electron chi connectivity index (χ4n) is 3.06. The molecule has 4 nitrogen and oxygen atoms in total. The van der Waals surface area contributed by atoms with Crippen molar-refractivity contribution in [2.24, 2.45) is 14.1 Å². The molecule has 0 N–H and O–H groups in total. The van der Waals surface area contributed by atoms with Gasteiger partial charge in [0.15, 0.2) is 0 Å². The summed E-state index contributed by atoms with van der Waals surface area (Å²) >= 11 is 0. The molecule has 0 amide bonds. The fraction of sp³-hybridized carbons (Fsp3) is 0.500. The minimum atomic E-state index is 0.0652. The van der Waals surface area contributed by atoms with Gasteiger partial charge in [0.2, 0.25) is 0 Å². The first-order valence-electron chi connectivity index (χ1n) is 6.44. The van der Waals surface area contributed by atoms with Crippen LogP contribution in [0.2, 0.25) is 0 Å². The highest BCUT2D eigenvalue weighted by Crippen LogP contribution is 2.26. The minimum Gasteiger partial charge on any atom is -0.334 e. The largest absolute Gasteiger partial charge is 0.334 e. The van der Waals surface area contributed by atoms with E-state index in [2.05, 4.69) is 23.6 Å². The van der Waals surface area contributed by atoms with Crippen LogP contribution in [0.1, 0.15) is 11.3 Å². The molecule has 18 heavy (non-hydrogen) atoms. The number of aryl methyl sites for hydroxylation is 2. The number of pyridine rings is 1. The molecule has 1 aliphatic heterocycles. The van der Waals surface area contributed by atoms with Crippen molar-refractivity contribution in [3.05, 3.63) is 33.7 Å². The minimum absolute atomic E-state index is 0.0652. The van der Waals surface area contributed by atoms with Crippen LogP contribution in [0.5, 0.6) is 0 Å². The highest BCUT2D eigenvalue weighted by Gasteiger charge is 2.20. The third-order valence-corrected chi connectivity index (χ3v) is 4.15. The van der Waals surface area contributed by atoms with Gasteiger partial charge in [-0.3, -0.25) is 9.36 Å². The summed E-state index contributed by atoms with van der Waals surface area (Å²) in [4.78, 5) is 14.1. The number of likely N-dealkylation sites (N-methyl/N-ethyl adjacent to an activating group) is 1. The van der Waals surface area contributed by atoms with Crippen molar-refractivity contribution in [3.8, 4) is 0 Å². The molecule has 3 rings (SSSR count). The zero-order chi connectivity index (χ0) is 12.9. The summed E-state index contributed by atoms with van der Waals surface area (Å²) < 4.78 is 3.96. The van der Waals surface area contributed by atoms with Crippen molar-refractivity contribution in [2.45, 2.75) is 12.8 Å². The van der Waals surface area contributed by atoms with Crippen LogP contribution in [0.15, 0.2) is 16.9 Å². The van der Waals surface area contributed by atoms with E-state index >= 15 is 0 Å². The SMILES string of the molecule is CN1CCc2c(n(C)c3c2ccc(=O)n3C)CC1. The van der Waals surface area contributed by atoms with Crippen molar-refractivity contribution < 1.29 is 0 Å². The van der Waals surface area contributed by atoms with Gasteiger partial charge in [-0.2, -0.15) is 0 Å². The van der Waals surface area contributed by atoms with E-state index in [-0.39, 0.29) is 5.56 Å². The number of nitrogens with zero attached hydrogens (tertiary/aromatic N) is 3.